The molecule has 0 rings (SSSR count). The van der Waals surface area contributed by atoms with Crippen molar-refractivity contribution in [1.29, 1.82) is 0 Å². The molecule has 0 fully saturated rings. The molecule has 0 heterocycles. The summed E-state index contributed by atoms with van der Waals surface area (Å²) in [5.74, 6) is -1.07. The lowest BCUT2D eigenvalue weighted by Gasteiger charge is -2.18. The van der Waals surface area contributed by atoms with E-state index >= 15 is 0 Å². The lowest BCUT2D eigenvalue weighted by molar-refractivity contribution is -0.166. The molecule has 0 saturated carbocycles. The maximum Gasteiger partial charge on any atom is 0.310 e. The third-order valence-corrected chi connectivity index (χ3v) is 12.9. The Balaban J connectivity index is 4.32. The van der Waals surface area contributed by atoms with Gasteiger partial charge in [0.15, 0.2) is 6.10 Å². The van der Waals surface area contributed by atoms with E-state index in [4.69, 9.17) is 14.2 Å². The number of unbranched alkanes of at least 4 members (excludes halogenated alkanes) is 23. The predicted molar refractivity (Wildman–Crippen MR) is 329 cm³/mol. The molecule has 6 heteroatoms. The van der Waals surface area contributed by atoms with Crippen LogP contribution in [-0.2, 0) is 28.6 Å². The van der Waals surface area contributed by atoms with Crippen LogP contribution in [0.5, 0.6) is 0 Å². The SMILES string of the molecule is CC/C=C\C/C=C\C/C=C\C/C=C\C/C=C\CC(=O)OC(COC(=O)CCCCCCC/C=C\C/C=C\CCCC)COC(=O)CCCCCCCCCCCCCCCCCC/C=C\C/C=C\C/C=C\C/C=C\CC. The van der Waals surface area contributed by atoms with Crippen molar-refractivity contribution in [2.45, 2.75) is 277 Å². The summed E-state index contributed by atoms with van der Waals surface area (Å²) in [6.07, 6.45) is 89.2. The van der Waals surface area contributed by atoms with Gasteiger partial charge in [-0.15, -0.1) is 0 Å². The molecule has 0 aliphatic heterocycles. The lowest BCUT2D eigenvalue weighted by atomic mass is 10.0. The molecule has 0 saturated heterocycles. The molecule has 430 valence electrons. The fourth-order valence-electron chi connectivity index (χ4n) is 8.29. The number of rotatable bonds is 55. The third kappa shape index (κ3) is 60.4. The van der Waals surface area contributed by atoms with Crippen LogP contribution in [0.1, 0.15) is 271 Å². The number of hydrogen-bond donors (Lipinski definition) is 0. The fourth-order valence-corrected chi connectivity index (χ4v) is 8.29. The van der Waals surface area contributed by atoms with E-state index in [9.17, 15) is 14.4 Å². The van der Waals surface area contributed by atoms with Gasteiger partial charge in [0.2, 0.25) is 0 Å². The number of carbonyl (C=O) groups is 3. The Morgan fingerprint density at radius 3 is 0.868 bits per heavy atom. The van der Waals surface area contributed by atoms with Crippen LogP contribution in [0.3, 0.4) is 0 Å². The van der Waals surface area contributed by atoms with Crippen LogP contribution < -0.4 is 0 Å². The molecule has 0 aromatic heterocycles. The first-order valence-electron chi connectivity index (χ1n) is 31.2. The van der Waals surface area contributed by atoms with E-state index in [1.54, 1.807) is 6.08 Å². The Hall–Kier alpha value is -4.45. The summed E-state index contributed by atoms with van der Waals surface area (Å²) in [4.78, 5) is 38.2. The number of allylic oxidation sites excluding steroid dienone is 21. The Kier molecular flexibility index (Phi) is 59.4. The van der Waals surface area contributed by atoms with Gasteiger partial charge in [-0.25, -0.2) is 0 Å². The van der Waals surface area contributed by atoms with E-state index in [0.29, 0.717) is 19.3 Å². The van der Waals surface area contributed by atoms with Gasteiger partial charge in [-0.3, -0.25) is 14.4 Å². The van der Waals surface area contributed by atoms with Gasteiger partial charge in [-0.05, 0) is 109 Å². The molecule has 6 nitrogen and oxygen atoms in total. The van der Waals surface area contributed by atoms with Crippen LogP contribution >= 0.6 is 0 Å². The van der Waals surface area contributed by atoms with Gasteiger partial charge < -0.3 is 14.2 Å². The van der Waals surface area contributed by atoms with Gasteiger partial charge in [-0.1, -0.05) is 276 Å². The molecule has 0 aliphatic rings. The Labute approximate surface area is 468 Å². The summed E-state index contributed by atoms with van der Waals surface area (Å²) >= 11 is 0. The summed E-state index contributed by atoms with van der Waals surface area (Å²) < 4.78 is 16.8. The van der Waals surface area contributed by atoms with Crippen molar-refractivity contribution in [1.82, 2.24) is 0 Å². The molecule has 0 spiro atoms. The van der Waals surface area contributed by atoms with Crippen molar-refractivity contribution in [3.8, 4) is 0 Å². The van der Waals surface area contributed by atoms with Gasteiger partial charge in [0.1, 0.15) is 13.2 Å². The number of ether oxygens (including phenoxy) is 3. The van der Waals surface area contributed by atoms with Crippen LogP contribution in [0.2, 0.25) is 0 Å². The van der Waals surface area contributed by atoms with Crippen molar-refractivity contribution in [3.05, 3.63) is 134 Å². The number of esters is 3. The first-order valence-corrected chi connectivity index (χ1v) is 31.2. The molecule has 0 bridgehead atoms. The third-order valence-electron chi connectivity index (χ3n) is 12.9. The van der Waals surface area contributed by atoms with Gasteiger partial charge in [0.05, 0.1) is 6.42 Å². The highest BCUT2D eigenvalue weighted by atomic mass is 16.6. The van der Waals surface area contributed by atoms with Gasteiger partial charge >= 0.3 is 17.9 Å². The maximum absolute atomic E-state index is 12.8. The van der Waals surface area contributed by atoms with E-state index in [-0.39, 0.29) is 31.6 Å². The largest absolute Gasteiger partial charge is 0.462 e. The van der Waals surface area contributed by atoms with Crippen molar-refractivity contribution in [2.24, 2.45) is 0 Å². The second kappa shape index (κ2) is 63.1. The second-order valence-electron chi connectivity index (χ2n) is 20.2. The summed E-state index contributed by atoms with van der Waals surface area (Å²) in [6, 6.07) is 0. The van der Waals surface area contributed by atoms with Crippen molar-refractivity contribution >= 4 is 17.9 Å². The highest BCUT2D eigenvalue weighted by Gasteiger charge is 2.19. The molecule has 0 amide bonds. The van der Waals surface area contributed by atoms with E-state index < -0.39 is 12.1 Å². The topological polar surface area (TPSA) is 78.9 Å². The quantitative estimate of drug-likeness (QED) is 0.0261. The lowest BCUT2D eigenvalue weighted by Crippen LogP contribution is -2.30. The van der Waals surface area contributed by atoms with Crippen molar-refractivity contribution in [2.75, 3.05) is 13.2 Å². The smallest absolute Gasteiger partial charge is 0.310 e. The van der Waals surface area contributed by atoms with Crippen molar-refractivity contribution < 1.29 is 28.6 Å². The number of carbonyl (C=O) groups excluding carboxylic acids is 3. The molecule has 76 heavy (non-hydrogen) atoms. The van der Waals surface area contributed by atoms with Gasteiger partial charge in [0.25, 0.3) is 0 Å². The summed E-state index contributed by atoms with van der Waals surface area (Å²) in [5, 5.41) is 0. The molecule has 0 aromatic carbocycles. The summed E-state index contributed by atoms with van der Waals surface area (Å²) in [6.45, 7) is 6.28. The highest BCUT2D eigenvalue weighted by molar-refractivity contribution is 5.72. The second-order valence-corrected chi connectivity index (χ2v) is 20.2. The molecular formula is C70H114O6. The minimum absolute atomic E-state index is 0.0904. The molecule has 1 unspecified atom stereocenters. The van der Waals surface area contributed by atoms with Crippen LogP contribution in [-0.4, -0.2) is 37.2 Å². The zero-order valence-electron chi connectivity index (χ0n) is 49.2. The molecule has 0 aromatic rings. The number of hydrogen-bond acceptors (Lipinski definition) is 6. The minimum atomic E-state index is -0.842. The Morgan fingerprint density at radius 1 is 0.289 bits per heavy atom. The zero-order valence-corrected chi connectivity index (χ0v) is 49.2. The van der Waals surface area contributed by atoms with Crippen molar-refractivity contribution in [3.63, 3.8) is 0 Å². The van der Waals surface area contributed by atoms with Crippen LogP contribution in [0.15, 0.2) is 134 Å². The fraction of sp³-hybridized carbons (Fsp3) is 0.643. The molecular weight excluding hydrogens is 937 g/mol. The van der Waals surface area contributed by atoms with Crippen LogP contribution in [0.25, 0.3) is 0 Å². The average molecular weight is 1050 g/mol. The minimum Gasteiger partial charge on any atom is -0.462 e. The predicted octanol–water partition coefficient (Wildman–Crippen LogP) is 21.4. The average Bonchev–Trinajstić information content (AvgIpc) is 3.42. The van der Waals surface area contributed by atoms with Crippen LogP contribution in [0.4, 0.5) is 0 Å². The molecule has 0 N–H and O–H groups in total. The Morgan fingerprint density at radius 2 is 0.553 bits per heavy atom. The Bertz CT molecular complexity index is 1630. The molecule has 0 radical (unpaired) electrons. The van der Waals surface area contributed by atoms with E-state index in [1.807, 2.05) is 6.08 Å². The first kappa shape index (κ1) is 71.5. The molecule has 1 atom stereocenters. The summed E-state index contributed by atoms with van der Waals surface area (Å²) in [5.41, 5.74) is 0. The zero-order chi connectivity index (χ0) is 55.0. The maximum atomic E-state index is 12.8. The van der Waals surface area contributed by atoms with E-state index in [2.05, 4.69) is 142 Å². The van der Waals surface area contributed by atoms with Crippen LogP contribution in [0, 0.1) is 0 Å². The van der Waals surface area contributed by atoms with E-state index in [0.717, 1.165) is 116 Å². The normalized spacial score (nSPS) is 13.0. The van der Waals surface area contributed by atoms with E-state index in [1.165, 1.54) is 109 Å². The monoisotopic (exact) mass is 1050 g/mol. The van der Waals surface area contributed by atoms with Gasteiger partial charge in [0, 0.05) is 12.8 Å². The first-order chi connectivity index (χ1) is 37.5. The summed E-state index contributed by atoms with van der Waals surface area (Å²) in [7, 11) is 0. The highest BCUT2D eigenvalue weighted by Crippen LogP contribution is 2.16. The van der Waals surface area contributed by atoms with Gasteiger partial charge in [-0.2, -0.15) is 0 Å². The standard InChI is InChI=1S/C70H114O6/c1-4-7-10-13-16-19-22-25-28-29-30-31-32-33-34-35-36-37-38-39-40-41-43-45-48-51-54-57-60-63-69(72)75-66-67(65-74-68(71)62-59-56-53-50-47-44-27-24-21-18-15-12-9-6-3)76-70(73)64-61-58-55-52-49-46-42-26-23-20-17-14-11-8-5-2/h7-8,10-11,15-20,24-28,30-31,42,49,52,58,61,67H,4-6,9,12-14,21-23,29,32-41,43-48,50-51,53-57,59-60,62-66H2,1-3H3/b10-7-,11-8-,18-15-,19-16-,20-17-,27-24-,28-25-,31-30-,42-26-,52-49-,61-58-. The molecule has 0 aliphatic carbocycles.